The molecule has 0 aliphatic carbocycles. The van der Waals surface area contributed by atoms with Crippen LogP contribution in [0.15, 0.2) is 12.1 Å². The van der Waals surface area contributed by atoms with Gasteiger partial charge >= 0.3 is 6.18 Å². The fraction of sp³-hybridized carbons (Fsp3) is 0.560. The van der Waals surface area contributed by atoms with Crippen molar-refractivity contribution in [3.8, 4) is 0 Å². The van der Waals surface area contributed by atoms with Crippen molar-refractivity contribution in [1.29, 1.82) is 0 Å². The third kappa shape index (κ3) is 5.10. The van der Waals surface area contributed by atoms with Crippen LogP contribution in [0.5, 0.6) is 0 Å². The number of aromatic nitrogens is 2. The van der Waals surface area contributed by atoms with E-state index < -0.39 is 29.3 Å². The summed E-state index contributed by atoms with van der Waals surface area (Å²) in [5.41, 5.74) is -0.113. The molecule has 0 saturated carbocycles. The Morgan fingerprint density at radius 2 is 1.83 bits per heavy atom. The number of piperidine rings is 1. The summed E-state index contributed by atoms with van der Waals surface area (Å²) in [6.07, 6.45) is -2.78. The van der Waals surface area contributed by atoms with Crippen LogP contribution in [-0.2, 0) is 23.9 Å². The molecule has 3 heterocycles. The van der Waals surface area contributed by atoms with E-state index in [2.05, 4.69) is 10.2 Å². The second-order valence-electron chi connectivity index (χ2n) is 9.70. The molecule has 2 aromatic rings. The van der Waals surface area contributed by atoms with Crippen molar-refractivity contribution in [1.82, 2.24) is 20.0 Å². The largest absolute Gasteiger partial charge is 0.419 e. The maximum atomic E-state index is 14.0. The SMILES string of the molecule is CCC(C)CC(=O)N1CCc2c(C(=O)N3CCC(c4ccc(F)c(F)c4C(F)(F)F)CC3)n[nH]c2C1. The number of hydrogen-bond acceptors (Lipinski definition) is 3. The number of nitrogens with zero attached hydrogens (tertiary/aromatic N) is 3. The summed E-state index contributed by atoms with van der Waals surface area (Å²) < 4.78 is 67.9. The van der Waals surface area contributed by atoms with Crippen LogP contribution in [0.3, 0.4) is 0 Å². The molecule has 1 aromatic carbocycles. The molecule has 1 saturated heterocycles. The van der Waals surface area contributed by atoms with E-state index in [1.165, 1.54) is 4.90 Å². The normalized spacial score (nSPS) is 17.8. The lowest BCUT2D eigenvalue weighted by molar-refractivity contribution is -0.141. The van der Waals surface area contributed by atoms with Crippen molar-refractivity contribution in [3.05, 3.63) is 51.8 Å². The van der Waals surface area contributed by atoms with Gasteiger partial charge in [-0.15, -0.1) is 0 Å². The minimum atomic E-state index is -5.02. The predicted octanol–water partition coefficient (Wildman–Crippen LogP) is 5.05. The summed E-state index contributed by atoms with van der Waals surface area (Å²) in [7, 11) is 0. The Hall–Kier alpha value is -2.98. The van der Waals surface area contributed by atoms with E-state index in [0.29, 0.717) is 43.6 Å². The van der Waals surface area contributed by atoms with Crippen LogP contribution in [0.1, 0.15) is 78.3 Å². The molecule has 1 atom stereocenters. The van der Waals surface area contributed by atoms with Gasteiger partial charge in [-0.2, -0.15) is 18.3 Å². The molecule has 1 aromatic heterocycles. The van der Waals surface area contributed by atoms with Gasteiger partial charge in [-0.05, 0) is 42.7 Å². The number of fused-ring (bicyclic) bond motifs is 1. The molecule has 4 rings (SSSR count). The van der Waals surface area contributed by atoms with Gasteiger partial charge in [0.15, 0.2) is 17.3 Å². The number of aromatic amines is 1. The molecule has 1 N–H and O–H groups in total. The van der Waals surface area contributed by atoms with Gasteiger partial charge in [-0.25, -0.2) is 8.78 Å². The molecule has 36 heavy (non-hydrogen) atoms. The Bertz CT molecular complexity index is 1140. The van der Waals surface area contributed by atoms with Gasteiger partial charge in [0.2, 0.25) is 5.91 Å². The summed E-state index contributed by atoms with van der Waals surface area (Å²) in [6, 6.07) is 1.70. The highest BCUT2D eigenvalue weighted by Gasteiger charge is 2.41. The predicted molar refractivity (Wildman–Crippen MR) is 121 cm³/mol. The van der Waals surface area contributed by atoms with E-state index in [1.54, 1.807) is 4.90 Å². The highest BCUT2D eigenvalue weighted by molar-refractivity contribution is 5.94. The number of carbonyl (C=O) groups is 2. The molecule has 2 aliphatic heterocycles. The van der Waals surface area contributed by atoms with Gasteiger partial charge in [-0.1, -0.05) is 26.3 Å². The van der Waals surface area contributed by atoms with Crippen LogP contribution in [0.25, 0.3) is 0 Å². The highest BCUT2D eigenvalue weighted by atomic mass is 19.4. The van der Waals surface area contributed by atoms with Crippen molar-refractivity contribution in [3.63, 3.8) is 0 Å². The summed E-state index contributed by atoms with van der Waals surface area (Å²) in [6.45, 7) is 5.24. The third-order valence-corrected chi connectivity index (χ3v) is 7.34. The molecule has 0 bridgehead atoms. The van der Waals surface area contributed by atoms with Crippen LogP contribution in [0.2, 0.25) is 0 Å². The zero-order valence-corrected chi connectivity index (χ0v) is 20.2. The van der Waals surface area contributed by atoms with Crippen LogP contribution in [0.4, 0.5) is 22.0 Å². The van der Waals surface area contributed by atoms with Gasteiger partial charge in [0.1, 0.15) is 0 Å². The smallest absolute Gasteiger partial charge is 0.337 e. The van der Waals surface area contributed by atoms with Crippen molar-refractivity contribution in [2.75, 3.05) is 19.6 Å². The average molecular weight is 513 g/mol. The van der Waals surface area contributed by atoms with Gasteiger partial charge < -0.3 is 9.80 Å². The standard InChI is InChI=1S/C25H29F5N4O2/c1-3-14(2)12-20(35)34-11-8-17-19(13-34)31-32-23(17)24(36)33-9-6-15(7-10-33)16-4-5-18(26)22(27)21(16)25(28,29)30/h4-5,14-15H,3,6-13H2,1-2H3,(H,31,32). The molecule has 0 spiro atoms. The quantitative estimate of drug-likeness (QED) is 0.571. The van der Waals surface area contributed by atoms with Crippen LogP contribution in [0, 0.1) is 17.6 Å². The van der Waals surface area contributed by atoms with E-state index in [1.807, 2.05) is 13.8 Å². The van der Waals surface area contributed by atoms with Gasteiger partial charge in [0.05, 0.1) is 17.8 Å². The Morgan fingerprint density at radius 1 is 1.14 bits per heavy atom. The number of carbonyl (C=O) groups excluding carboxylic acids is 2. The van der Waals surface area contributed by atoms with Crippen molar-refractivity contribution < 1.29 is 31.5 Å². The summed E-state index contributed by atoms with van der Waals surface area (Å²) >= 11 is 0. The number of likely N-dealkylation sites (tertiary alicyclic amines) is 1. The minimum absolute atomic E-state index is 0.0648. The second-order valence-corrected chi connectivity index (χ2v) is 9.70. The monoisotopic (exact) mass is 512 g/mol. The molecule has 1 unspecified atom stereocenters. The number of rotatable bonds is 5. The lowest BCUT2D eigenvalue weighted by Crippen LogP contribution is -2.40. The van der Waals surface area contributed by atoms with Crippen molar-refractivity contribution >= 4 is 11.8 Å². The van der Waals surface area contributed by atoms with E-state index in [-0.39, 0.29) is 49.0 Å². The maximum absolute atomic E-state index is 14.0. The topological polar surface area (TPSA) is 69.3 Å². The minimum Gasteiger partial charge on any atom is -0.337 e. The number of benzene rings is 1. The van der Waals surface area contributed by atoms with E-state index in [4.69, 9.17) is 0 Å². The van der Waals surface area contributed by atoms with Crippen LogP contribution < -0.4 is 0 Å². The van der Waals surface area contributed by atoms with Gasteiger partial charge in [0, 0.05) is 31.6 Å². The number of hydrogen-bond donors (Lipinski definition) is 1. The first-order valence-corrected chi connectivity index (χ1v) is 12.2. The van der Waals surface area contributed by atoms with Gasteiger partial charge in [0.25, 0.3) is 5.91 Å². The van der Waals surface area contributed by atoms with Crippen molar-refractivity contribution in [2.45, 2.75) is 64.6 Å². The second kappa shape index (κ2) is 10.2. The van der Waals surface area contributed by atoms with E-state index in [9.17, 15) is 31.5 Å². The third-order valence-electron chi connectivity index (χ3n) is 7.34. The molecular formula is C25H29F5N4O2. The zero-order valence-electron chi connectivity index (χ0n) is 20.2. The maximum Gasteiger partial charge on any atom is 0.419 e. The number of alkyl halides is 3. The molecule has 196 valence electrons. The average Bonchev–Trinajstić information content (AvgIpc) is 3.27. The molecule has 1 fully saturated rings. The van der Waals surface area contributed by atoms with Crippen LogP contribution >= 0.6 is 0 Å². The summed E-state index contributed by atoms with van der Waals surface area (Å²) in [5, 5.41) is 7.07. The fourth-order valence-corrected chi connectivity index (χ4v) is 5.02. The number of amides is 2. The zero-order chi connectivity index (χ0) is 26.2. The lowest BCUT2D eigenvalue weighted by Gasteiger charge is -2.33. The van der Waals surface area contributed by atoms with E-state index >= 15 is 0 Å². The fourth-order valence-electron chi connectivity index (χ4n) is 5.02. The van der Waals surface area contributed by atoms with Gasteiger partial charge in [-0.3, -0.25) is 14.7 Å². The Kier molecular flexibility index (Phi) is 7.38. The lowest BCUT2D eigenvalue weighted by atomic mass is 9.85. The van der Waals surface area contributed by atoms with E-state index in [0.717, 1.165) is 18.1 Å². The molecule has 6 nitrogen and oxygen atoms in total. The van der Waals surface area contributed by atoms with Crippen molar-refractivity contribution in [2.24, 2.45) is 5.92 Å². The Morgan fingerprint density at radius 3 is 2.47 bits per heavy atom. The number of H-pyrrole nitrogens is 1. The highest BCUT2D eigenvalue weighted by Crippen LogP contribution is 2.41. The molecule has 2 amide bonds. The molecular weight excluding hydrogens is 483 g/mol. The Labute approximate surface area is 205 Å². The molecule has 0 radical (unpaired) electrons. The molecule has 2 aliphatic rings. The first-order chi connectivity index (χ1) is 17.0. The first-order valence-electron chi connectivity index (χ1n) is 12.2. The summed E-state index contributed by atoms with van der Waals surface area (Å²) in [5.74, 6) is -4.06. The number of halogens is 5. The molecule has 11 heteroatoms. The first kappa shape index (κ1) is 26.1. The number of nitrogens with one attached hydrogen (secondary N) is 1. The summed E-state index contributed by atoms with van der Waals surface area (Å²) in [4.78, 5) is 29.0. The van der Waals surface area contributed by atoms with Crippen LogP contribution in [-0.4, -0.2) is 51.4 Å². The Balaban J connectivity index is 1.43.